The molecule has 2 heteroatoms. The summed E-state index contributed by atoms with van der Waals surface area (Å²) in [5.74, 6) is 0.919. The summed E-state index contributed by atoms with van der Waals surface area (Å²) >= 11 is 0. The highest BCUT2D eigenvalue weighted by atomic mass is 16.5. The van der Waals surface area contributed by atoms with Crippen LogP contribution in [0.4, 0.5) is 5.69 Å². The topological polar surface area (TPSA) is 35.2 Å². The normalized spacial score (nSPS) is 10.2. The van der Waals surface area contributed by atoms with E-state index in [1.807, 2.05) is 37.3 Å². The molecule has 0 aliphatic rings. The van der Waals surface area contributed by atoms with Gasteiger partial charge in [0.1, 0.15) is 5.75 Å². The van der Waals surface area contributed by atoms with Crippen LogP contribution in [-0.2, 0) is 0 Å². The fourth-order valence-electron chi connectivity index (χ4n) is 1.81. The zero-order chi connectivity index (χ0) is 12.3. The largest absolute Gasteiger partial charge is 0.493 e. The lowest BCUT2D eigenvalue weighted by Gasteiger charge is -2.11. The van der Waals surface area contributed by atoms with Gasteiger partial charge >= 0.3 is 0 Å². The Morgan fingerprint density at radius 2 is 1.76 bits per heavy atom. The molecule has 0 radical (unpaired) electrons. The summed E-state index contributed by atoms with van der Waals surface area (Å²) in [7, 11) is 0. The molecule has 17 heavy (non-hydrogen) atoms. The molecule has 0 atom stereocenters. The number of nitrogens with two attached hydrogens (primary N) is 1. The number of rotatable bonds is 3. The van der Waals surface area contributed by atoms with Crippen molar-refractivity contribution in [2.45, 2.75) is 13.8 Å². The Balaban J connectivity index is 2.48. The van der Waals surface area contributed by atoms with Crippen molar-refractivity contribution >= 4 is 5.69 Å². The SMILES string of the molecule is CCOc1ccc(C)cc1-c1ccc(N)cc1. The summed E-state index contributed by atoms with van der Waals surface area (Å²) in [5.41, 5.74) is 9.95. The first kappa shape index (κ1) is 11.5. The molecule has 0 heterocycles. The van der Waals surface area contributed by atoms with Crippen molar-refractivity contribution in [2.75, 3.05) is 12.3 Å². The van der Waals surface area contributed by atoms with Gasteiger partial charge in [0.15, 0.2) is 0 Å². The summed E-state index contributed by atoms with van der Waals surface area (Å²) < 4.78 is 5.65. The van der Waals surface area contributed by atoms with Crippen LogP contribution >= 0.6 is 0 Å². The van der Waals surface area contributed by atoms with Crippen molar-refractivity contribution in [1.29, 1.82) is 0 Å². The molecule has 0 aliphatic carbocycles. The average Bonchev–Trinajstić information content (AvgIpc) is 2.33. The van der Waals surface area contributed by atoms with Crippen LogP contribution in [0.2, 0.25) is 0 Å². The molecular formula is C15H17NO. The number of benzene rings is 2. The Kier molecular flexibility index (Phi) is 3.33. The summed E-state index contributed by atoms with van der Waals surface area (Å²) in [6.45, 7) is 4.74. The monoisotopic (exact) mass is 227 g/mol. The Labute approximate surface area is 102 Å². The minimum Gasteiger partial charge on any atom is -0.493 e. The fraction of sp³-hybridized carbons (Fsp3) is 0.200. The maximum absolute atomic E-state index is 5.70. The zero-order valence-corrected chi connectivity index (χ0v) is 10.2. The zero-order valence-electron chi connectivity index (χ0n) is 10.2. The predicted octanol–water partition coefficient (Wildman–Crippen LogP) is 3.64. The van der Waals surface area contributed by atoms with E-state index in [1.165, 1.54) is 5.56 Å². The third-order valence-electron chi connectivity index (χ3n) is 2.66. The molecule has 0 fully saturated rings. The predicted molar refractivity (Wildman–Crippen MR) is 72.2 cm³/mol. The number of hydrogen-bond acceptors (Lipinski definition) is 2. The van der Waals surface area contributed by atoms with Gasteiger partial charge in [-0.25, -0.2) is 0 Å². The van der Waals surface area contributed by atoms with E-state index >= 15 is 0 Å². The lowest BCUT2D eigenvalue weighted by atomic mass is 10.0. The van der Waals surface area contributed by atoms with Gasteiger partial charge in [-0.15, -0.1) is 0 Å². The lowest BCUT2D eigenvalue weighted by Crippen LogP contribution is -1.94. The van der Waals surface area contributed by atoms with E-state index in [2.05, 4.69) is 19.1 Å². The first-order chi connectivity index (χ1) is 8.20. The second-order valence-electron chi connectivity index (χ2n) is 4.05. The third-order valence-corrected chi connectivity index (χ3v) is 2.66. The van der Waals surface area contributed by atoms with Gasteiger partial charge in [0, 0.05) is 11.3 Å². The Bertz CT molecular complexity index is 503. The quantitative estimate of drug-likeness (QED) is 0.812. The van der Waals surface area contributed by atoms with Gasteiger partial charge in [-0.05, 0) is 43.7 Å². The molecule has 2 aromatic rings. The van der Waals surface area contributed by atoms with Crippen molar-refractivity contribution in [1.82, 2.24) is 0 Å². The van der Waals surface area contributed by atoms with Crippen molar-refractivity contribution in [3.63, 3.8) is 0 Å². The van der Waals surface area contributed by atoms with Crippen LogP contribution in [-0.4, -0.2) is 6.61 Å². The molecular weight excluding hydrogens is 210 g/mol. The van der Waals surface area contributed by atoms with Gasteiger partial charge in [0.25, 0.3) is 0 Å². The Morgan fingerprint density at radius 3 is 2.41 bits per heavy atom. The van der Waals surface area contributed by atoms with Crippen LogP contribution in [0.25, 0.3) is 11.1 Å². The van der Waals surface area contributed by atoms with Gasteiger partial charge < -0.3 is 10.5 Å². The van der Waals surface area contributed by atoms with Crippen molar-refractivity contribution < 1.29 is 4.74 Å². The van der Waals surface area contributed by atoms with E-state index in [-0.39, 0.29) is 0 Å². The summed E-state index contributed by atoms with van der Waals surface area (Å²) in [6, 6.07) is 14.1. The van der Waals surface area contributed by atoms with Crippen molar-refractivity contribution in [3.8, 4) is 16.9 Å². The molecule has 2 aromatic carbocycles. The number of hydrogen-bond donors (Lipinski definition) is 1. The van der Waals surface area contributed by atoms with E-state index in [0.29, 0.717) is 6.61 Å². The average molecular weight is 227 g/mol. The van der Waals surface area contributed by atoms with Gasteiger partial charge in [-0.1, -0.05) is 23.8 Å². The Morgan fingerprint density at radius 1 is 1.06 bits per heavy atom. The van der Waals surface area contributed by atoms with Crippen molar-refractivity contribution in [2.24, 2.45) is 0 Å². The van der Waals surface area contributed by atoms with E-state index < -0.39 is 0 Å². The molecule has 2 rings (SSSR count). The van der Waals surface area contributed by atoms with Crippen LogP contribution < -0.4 is 10.5 Å². The van der Waals surface area contributed by atoms with Crippen LogP contribution in [0, 0.1) is 6.92 Å². The summed E-state index contributed by atoms with van der Waals surface area (Å²) in [6.07, 6.45) is 0. The number of anilines is 1. The van der Waals surface area contributed by atoms with Crippen molar-refractivity contribution in [3.05, 3.63) is 48.0 Å². The fourth-order valence-corrected chi connectivity index (χ4v) is 1.81. The van der Waals surface area contributed by atoms with Crippen LogP contribution in [0.3, 0.4) is 0 Å². The van der Waals surface area contributed by atoms with Gasteiger partial charge in [-0.3, -0.25) is 0 Å². The smallest absolute Gasteiger partial charge is 0.127 e. The minimum atomic E-state index is 0.672. The number of nitrogen functional groups attached to an aromatic ring is 1. The van der Waals surface area contributed by atoms with Gasteiger partial charge in [0.05, 0.1) is 6.61 Å². The number of ether oxygens (including phenoxy) is 1. The standard InChI is InChI=1S/C15H17NO/c1-3-17-15-9-4-11(2)10-14(15)12-5-7-13(16)8-6-12/h4-10H,3,16H2,1-2H3. The molecule has 2 nitrogen and oxygen atoms in total. The Hall–Kier alpha value is -1.96. The third kappa shape index (κ3) is 2.59. The highest BCUT2D eigenvalue weighted by Gasteiger charge is 2.06. The van der Waals surface area contributed by atoms with E-state index in [0.717, 1.165) is 22.6 Å². The second kappa shape index (κ2) is 4.91. The molecule has 0 saturated carbocycles. The summed E-state index contributed by atoms with van der Waals surface area (Å²) in [4.78, 5) is 0. The maximum Gasteiger partial charge on any atom is 0.127 e. The minimum absolute atomic E-state index is 0.672. The van der Waals surface area contributed by atoms with E-state index in [1.54, 1.807) is 0 Å². The van der Waals surface area contributed by atoms with Gasteiger partial charge in [0.2, 0.25) is 0 Å². The highest BCUT2D eigenvalue weighted by Crippen LogP contribution is 2.31. The molecule has 0 saturated heterocycles. The van der Waals surface area contributed by atoms with Gasteiger partial charge in [-0.2, -0.15) is 0 Å². The lowest BCUT2D eigenvalue weighted by molar-refractivity contribution is 0.341. The van der Waals surface area contributed by atoms with Crippen LogP contribution in [0.1, 0.15) is 12.5 Å². The van der Waals surface area contributed by atoms with E-state index in [9.17, 15) is 0 Å². The number of aryl methyl sites for hydroxylation is 1. The van der Waals surface area contributed by atoms with Crippen LogP contribution in [0.5, 0.6) is 5.75 Å². The molecule has 2 N–H and O–H groups in total. The second-order valence-corrected chi connectivity index (χ2v) is 4.05. The first-order valence-electron chi connectivity index (χ1n) is 5.80. The molecule has 0 bridgehead atoms. The molecule has 0 aromatic heterocycles. The first-order valence-corrected chi connectivity index (χ1v) is 5.80. The molecule has 0 unspecified atom stereocenters. The molecule has 0 aliphatic heterocycles. The van der Waals surface area contributed by atoms with E-state index in [4.69, 9.17) is 10.5 Å². The van der Waals surface area contributed by atoms with Crippen LogP contribution in [0.15, 0.2) is 42.5 Å². The maximum atomic E-state index is 5.70. The summed E-state index contributed by atoms with van der Waals surface area (Å²) in [5, 5.41) is 0. The molecule has 88 valence electrons. The molecule has 0 amide bonds. The highest BCUT2D eigenvalue weighted by molar-refractivity contribution is 5.72. The molecule has 0 spiro atoms.